The Morgan fingerprint density at radius 2 is 1.78 bits per heavy atom. The average Bonchev–Trinajstić information content (AvgIpc) is 3.23. The molecule has 4 heteroatoms. The van der Waals surface area contributed by atoms with Gasteiger partial charge in [0.2, 0.25) is 0 Å². The summed E-state index contributed by atoms with van der Waals surface area (Å²) >= 11 is 1.87. The maximum atomic E-state index is 4.48. The monoisotopic (exact) mass is 263 g/mol. The SMILES string of the molecule is c1nc(SC2CCCCC2)ncc1CNC1CC1. The van der Waals surface area contributed by atoms with E-state index in [0.717, 1.165) is 23.0 Å². The van der Waals surface area contributed by atoms with Crippen LogP contribution in [0.15, 0.2) is 17.6 Å². The van der Waals surface area contributed by atoms with Crippen LogP contribution in [0.4, 0.5) is 0 Å². The molecular formula is C14H21N3S. The molecule has 3 rings (SSSR count). The highest BCUT2D eigenvalue weighted by molar-refractivity contribution is 7.99. The van der Waals surface area contributed by atoms with Crippen LogP contribution in [0.2, 0.25) is 0 Å². The second kappa shape index (κ2) is 6.02. The van der Waals surface area contributed by atoms with Gasteiger partial charge in [0.1, 0.15) is 0 Å². The van der Waals surface area contributed by atoms with Crippen molar-refractivity contribution >= 4 is 11.8 Å². The Labute approximate surface area is 113 Å². The molecule has 0 spiro atoms. The van der Waals surface area contributed by atoms with Crippen LogP contribution in [0.5, 0.6) is 0 Å². The summed E-state index contributed by atoms with van der Waals surface area (Å²) in [6, 6.07) is 0.751. The lowest BCUT2D eigenvalue weighted by molar-refractivity contribution is 0.515. The molecule has 0 unspecified atom stereocenters. The third-order valence-electron chi connectivity index (χ3n) is 3.68. The summed E-state index contributed by atoms with van der Waals surface area (Å²) < 4.78 is 0. The number of hydrogen-bond acceptors (Lipinski definition) is 4. The molecule has 1 aromatic heterocycles. The van der Waals surface area contributed by atoms with Gasteiger partial charge in [-0.2, -0.15) is 0 Å². The molecule has 0 saturated heterocycles. The van der Waals surface area contributed by atoms with Crippen molar-refractivity contribution in [3.05, 3.63) is 18.0 Å². The minimum Gasteiger partial charge on any atom is -0.310 e. The summed E-state index contributed by atoms with van der Waals surface area (Å²) in [4.78, 5) is 8.97. The van der Waals surface area contributed by atoms with E-state index in [1.165, 1.54) is 50.5 Å². The van der Waals surface area contributed by atoms with E-state index < -0.39 is 0 Å². The maximum absolute atomic E-state index is 4.48. The fourth-order valence-corrected chi connectivity index (χ4v) is 3.47. The first-order chi connectivity index (χ1) is 8.90. The molecule has 3 nitrogen and oxygen atoms in total. The molecule has 1 heterocycles. The van der Waals surface area contributed by atoms with Crippen LogP contribution in [-0.2, 0) is 6.54 Å². The zero-order valence-electron chi connectivity index (χ0n) is 10.8. The lowest BCUT2D eigenvalue weighted by Gasteiger charge is -2.19. The standard InChI is InChI=1S/C14H21N3S/c1-2-4-13(5-3-1)18-14-16-9-11(10-17-14)8-15-12-6-7-12/h9-10,12-13,15H,1-8H2. The molecule has 0 amide bonds. The molecule has 98 valence electrons. The lowest BCUT2D eigenvalue weighted by atomic mass is 10.0. The van der Waals surface area contributed by atoms with Crippen molar-refractivity contribution in [2.45, 2.75) is 67.9 Å². The third-order valence-corrected chi connectivity index (χ3v) is 4.90. The Hall–Kier alpha value is -0.610. The molecule has 0 bridgehead atoms. The summed E-state index contributed by atoms with van der Waals surface area (Å²) in [5, 5.41) is 5.19. The first-order valence-electron chi connectivity index (χ1n) is 7.11. The summed E-state index contributed by atoms with van der Waals surface area (Å²) in [6.45, 7) is 0.916. The Balaban J connectivity index is 1.49. The number of rotatable bonds is 5. The Kier molecular flexibility index (Phi) is 4.16. The smallest absolute Gasteiger partial charge is 0.187 e. The van der Waals surface area contributed by atoms with Gasteiger partial charge in [-0.1, -0.05) is 31.0 Å². The van der Waals surface area contributed by atoms with Crippen LogP contribution in [0, 0.1) is 0 Å². The number of aromatic nitrogens is 2. The predicted molar refractivity (Wildman–Crippen MR) is 74.6 cm³/mol. The van der Waals surface area contributed by atoms with Gasteiger partial charge < -0.3 is 5.32 Å². The van der Waals surface area contributed by atoms with Gasteiger partial charge in [-0.3, -0.25) is 0 Å². The molecule has 0 aliphatic heterocycles. The number of thioether (sulfide) groups is 1. The molecule has 0 atom stereocenters. The minimum absolute atomic E-state index is 0.745. The van der Waals surface area contributed by atoms with Crippen molar-refractivity contribution in [1.29, 1.82) is 0 Å². The highest BCUT2D eigenvalue weighted by Crippen LogP contribution is 2.31. The predicted octanol–water partition coefficient (Wildman–Crippen LogP) is 3.15. The number of nitrogens with one attached hydrogen (secondary N) is 1. The molecule has 1 N–H and O–H groups in total. The van der Waals surface area contributed by atoms with E-state index in [4.69, 9.17) is 0 Å². The van der Waals surface area contributed by atoms with E-state index >= 15 is 0 Å². The van der Waals surface area contributed by atoms with Gasteiger partial charge in [0.05, 0.1) is 0 Å². The van der Waals surface area contributed by atoms with Crippen LogP contribution in [-0.4, -0.2) is 21.3 Å². The van der Waals surface area contributed by atoms with Crippen molar-refractivity contribution in [3.8, 4) is 0 Å². The Morgan fingerprint density at radius 1 is 1.06 bits per heavy atom. The molecule has 1 aromatic rings. The van der Waals surface area contributed by atoms with E-state index in [0.29, 0.717) is 0 Å². The van der Waals surface area contributed by atoms with Crippen LogP contribution in [0.3, 0.4) is 0 Å². The van der Waals surface area contributed by atoms with Crippen LogP contribution < -0.4 is 5.32 Å². The second-order valence-electron chi connectivity index (χ2n) is 5.41. The highest BCUT2D eigenvalue weighted by atomic mass is 32.2. The Morgan fingerprint density at radius 3 is 2.44 bits per heavy atom. The first-order valence-corrected chi connectivity index (χ1v) is 7.99. The van der Waals surface area contributed by atoms with Crippen molar-refractivity contribution in [3.63, 3.8) is 0 Å². The van der Waals surface area contributed by atoms with Gasteiger partial charge in [-0.05, 0) is 25.7 Å². The van der Waals surface area contributed by atoms with Crippen molar-refractivity contribution in [2.24, 2.45) is 0 Å². The van der Waals surface area contributed by atoms with Gasteiger partial charge in [0.15, 0.2) is 5.16 Å². The van der Waals surface area contributed by atoms with Gasteiger partial charge in [0, 0.05) is 35.8 Å². The lowest BCUT2D eigenvalue weighted by Crippen LogP contribution is -2.15. The molecule has 2 aliphatic carbocycles. The number of nitrogens with zero attached hydrogens (tertiary/aromatic N) is 2. The van der Waals surface area contributed by atoms with Crippen LogP contribution in [0.1, 0.15) is 50.5 Å². The quantitative estimate of drug-likeness (QED) is 0.828. The normalized spacial score (nSPS) is 21.1. The molecule has 0 aromatic carbocycles. The van der Waals surface area contributed by atoms with Gasteiger partial charge in [-0.25, -0.2) is 9.97 Å². The van der Waals surface area contributed by atoms with Gasteiger partial charge >= 0.3 is 0 Å². The topological polar surface area (TPSA) is 37.8 Å². The molecule has 2 fully saturated rings. The fraction of sp³-hybridized carbons (Fsp3) is 0.714. The Bertz CT molecular complexity index is 369. The molecule has 2 saturated carbocycles. The minimum atomic E-state index is 0.745. The summed E-state index contributed by atoms with van der Waals surface area (Å²) in [6.07, 6.45) is 13.4. The maximum Gasteiger partial charge on any atom is 0.187 e. The van der Waals surface area contributed by atoms with E-state index in [1.54, 1.807) is 0 Å². The van der Waals surface area contributed by atoms with Crippen LogP contribution in [0.25, 0.3) is 0 Å². The van der Waals surface area contributed by atoms with Crippen molar-refractivity contribution in [1.82, 2.24) is 15.3 Å². The average molecular weight is 263 g/mol. The van der Waals surface area contributed by atoms with E-state index in [-0.39, 0.29) is 0 Å². The summed E-state index contributed by atoms with van der Waals surface area (Å²) in [7, 11) is 0. The van der Waals surface area contributed by atoms with Crippen molar-refractivity contribution < 1.29 is 0 Å². The van der Waals surface area contributed by atoms with Gasteiger partial charge in [-0.15, -0.1) is 0 Å². The number of hydrogen-bond donors (Lipinski definition) is 1. The molecule has 18 heavy (non-hydrogen) atoms. The second-order valence-corrected chi connectivity index (χ2v) is 6.67. The highest BCUT2D eigenvalue weighted by Gasteiger charge is 2.20. The van der Waals surface area contributed by atoms with E-state index in [2.05, 4.69) is 15.3 Å². The van der Waals surface area contributed by atoms with E-state index in [9.17, 15) is 0 Å². The summed E-state index contributed by atoms with van der Waals surface area (Å²) in [5.74, 6) is 0. The van der Waals surface area contributed by atoms with E-state index in [1.807, 2.05) is 24.2 Å². The zero-order chi connectivity index (χ0) is 12.2. The third kappa shape index (κ3) is 3.69. The first kappa shape index (κ1) is 12.4. The molecule has 2 aliphatic rings. The van der Waals surface area contributed by atoms with Gasteiger partial charge in [0.25, 0.3) is 0 Å². The molecule has 0 radical (unpaired) electrons. The zero-order valence-corrected chi connectivity index (χ0v) is 11.6. The van der Waals surface area contributed by atoms with Crippen molar-refractivity contribution in [2.75, 3.05) is 0 Å². The van der Waals surface area contributed by atoms with Crippen LogP contribution >= 0.6 is 11.8 Å². The largest absolute Gasteiger partial charge is 0.310 e. The molecular weight excluding hydrogens is 242 g/mol. The fourth-order valence-electron chi connectivity index (χ4n) is 2.38. The summed E-state index contributed by atoms with van der Waals surface area (Å²) in [5.41, 5.74) is 1.20.